The highest BCUT2D eigenvalue weighted by Gasteiger charge is 2.67. The van der Waals surface area contributed by atoms with Crippen molar-refractivity contribution in [3.05, 3.63) is 35.2 Å². The zero-order valence-corrected chi connectivity index (χ0v) is 11.2. The van der Waals surface area contributed by atoms with Gasteiger partial charge in [-0.15, -0.1) is 0 Å². The number of rotatable bonds is 2. The Bertz CT molecular complexity index is 675. The predicted octanol–water partition coefficient (Wildman–Crippen LogP) is 2.03. The molecule has 0 bridgehead atoms. The summed E-state index contributed by atoms with van der Waals surface area (Å²) in [6.45, 7) is 2.85. The van der Waals surface area contributed by atoms with E-state index in [2.05, 4.69) is 15.6 Å². The second-order valence-electron chi connectivity index (χ2n) is 4.60. The van der Waals surface area contributed by atoms with Crippen LogP contribution in [-0.2, 0) is 4.79 Å². The molecule has 2 rings (SSSR count). The Morgan fingerprint density at radius 1 is 1.38 bits per heavy atom. The summed E-state index contributed by atoms with van der Waals surface area (Å²) in [6.07, 6.45) is -4.99. The number of carbonyl (C=O) groups is 1. The Hall–Kier alpha value is -2.56. The van der Waals surface area contributed by atoms with E-state index in [0.717, 1.165) is 0 Å². The molecular weight excluding hydrogens is 285 g/mol. The Morgan fingerprint density at radius 2 is 2.05 bits per heavy atom. The van der Waals surface area contributed by atoms with Crippen molar-refractivity contribution in [2.45, 2.75) is 25.6 Å². The number of halogens is 3. The van der Waals surface area contributed by atoms with Crippen LogP contribution >= 0.6 is 0 Å². The predicted molar refractivity (Wildman–Crippen MR) is 67.8 cm³/mol. The molecule has 0 aromatic carbocycles. The van der Waals surface area contributed by atoms with E-state index in [1.807, 2.05) is 0 Å². The molecule has 1 aliphatic rings. The number of amides is 1. The lowest BCUT2D eigenvalue weighted by atomic mass is 9.90. The molecule has 2 N–H and O–H groups in total. The zero-order chi connectivity index (χ0) is 15.8. The van der Waals surface area contributed by atoms with Gasteiger partial charge in [-0.05, 0) is 26.0 Å². The standard InChI is InChI=1S/C13H11F3N4O/c1-7-4-3-5-10(18-7)20-12(13(14,15)16)9(6-17)8(2)19-11(12)21/h3-5H,1-2H3,(H,18,20)(H,19,21)/t12-/m1/s1. The third kappa shape index (κ3) is 2.20. The van der Waals surface area contributed by atoms with E-state index >= 15 is 0 Å². The monoisotopic (exact) mass is 296 g/mol. The highest BCUT2D eigenvalue weighted by molar-refractivity contribution is 6.00. The fourth-order valence-electron chi connectivity index (χ4n) is 2.15. The first-order chi connectivity index (χ1) is 9.72. The van der Waals surface area contributed by atoms with Gasteiger partial charge >= 0.3 is 6.18 Å². The van der Waals surface area contributed by atoms with Crippen molar-refractivity contribution in [1.82, 2.24) is 10.3 Å². The van der Waals surface area contributed by atoms with Crippen molar-refractivity contribution >= 4 is 11.7 Å². The van der Waals surface area contributed by atoms with Crippen LogP contribution in [-0.4, -0.2) is 22.6 Å². The van der Waals surface area contributed by atoms with Crippen LogP contribution < -0.4 is 10.6 Å². The number of nitrogens with zero attached hydrogens (tertiary/aromatic N) is 2. The Labute approximate surface area is 118 Å². The molecule has 8 heteroatoms. The lowest BCUT2D eigenvalue weighted by molar-refractivity contribution is -0.174. The number of nitriles is 1. The molecule has 1 atom stereocenters. The molecule has 0 radical (unpaired) electrons. The number of pyridine rings is 1. The second kappa shape index (κ2) is 4.77. The lowest BCUT2D eigenvalue weighted by Crippen LogP contribution is -2.59. The Morgan fingerprint density at radius 3 is 2.57 bits per heavy atom. The summed E-state index contributed by atoms with van der Waals surface area (Å²) in [6, 6.07) is 5.87. The first-order valence-electron chi connectivity index (χ1n) is 5.94. The molecule has 5 nitrogen and oxygen atoms in total. The smallest absolute Gasteiger partial charge is 0.344 e. The SMILES string of the molecule is CC1=C(C#N)[C@](Nc2cccc(C)n2)(C(F)(F)F)C(=O)N1. The number of aryl methyl sites for hydroxylation is 1. The van der Waals surface area contributed by atoms with Gasteiger partial charge in [0.1, 0.15) is 5.82 Å². The molecule has 1 aliphatic heterocycles. The third-order valence-electron chi connectivity index (χ3n) is 3.13. The highest BCUT2D eigenvalue weighted by atomic mass is 19.4. The van der Waals surface area contributed by atoms with Crippen molar-refractivity contribution < 1.29 is 18.0 Å². The van der Waals surface area contributed by atoms with E-state index in [-0.39, 0.29) is 11.5 Å². The minimum absolute atomic E-state index is 0.125. The van der Waals surface area contributed by atoms with E-state index in [1.165, 1.54) is 25.1 Å². The first-order valence-corrected chi connectivity index (χ1v) is 5.94. The van der Waals surface area contributed by atoms with Crippen LogP contribution in [0.2, 0.25) is 0 Å². The number of alkyl halides is 3. The minimum Gasteiger partial charge on any atom is -0.344 e. The van der Waals surface area contributed by atoms with Crippen LogP contribution in [0.5, 0.6) is 0 Å². The molecule has 2 heterocycles. The van der Waals surface area contributed by atoms with Crippen molar-refractivity contribution in [3.63, 3.8) is 0 Å². The van der Waals surface area contributed by atoms with E-state index in [1.54, 1.807) is 13.0 Å². The van der Waals surface area contributed by atoms with Crippen LogP contribution in [0.1, 0.15) is 12.6 Å². The van der Waals surface area contributed by atoms with Gasteiger partial charge < -0.3 is 10.6 Å². The number of allylic oxidation sites excluding steroid dienone is 1. The van der Waals surface area contributed by atoms with Gasteiger partial charge in [-0.25, -0.2) is 4.98 Å². The van der Waals surface area contributed by atoms with Crippen LogP contribution in [0.4, 0.5) is 19.0 Å². The second-order valence-corrected chi connectivity index (χ2v) is 4.60. The van der Waals surface area contributed by atoms with Crippen molar-refractivity contribution in [3.8, 4) is 6.07 Å². The highest BCUT2D eigenvalue weighted by Crippen LogP contribution is 2.42. The van der Waals surface area contributed by atoms with Crippen molar-refractivity contribution in [1.29, 1.82) is 5.26 Å². The average Bonchev–Trinajstić information content (AvgIpc) is 2.60. The summed E-state index contributed by atoms with van der Waals surface area (Å²) in [5.41, 5.74) is -3.47. The van der Waals surface area contributed by atoms with E-state index in [4.69, 9.17) is 5.26 Å². The normalized spacial score (nSPS) is 22.0. The summed E-state index contributed by atoms with van der Waals surface area (Å²) >= 11 is 0. The zero-order valence-electron chi connectivity index (χ0n) is 11.2. The number of carbonyl (C=O) groups excluding carboxylic acids is 1. The number of aromatic nitrogens is 1. The maximum atomic E-state index is 13.5. The summed E-state index contributed by atoms with van der Waals surface area (Å²) in [7, 11) is 0. The molecule has 21 heavy (non-hydrogen) atoms. The molecule has 1 amide bonds. The third-order valence-corrected chi connectivity index (χ3v) is 3.13. The molecule has 1 aromatic heterocycles. The topological polar surface area (TPSA) is 77.8 Å². The van der Waals surface area contributed by atoms with E-state index in [9.17, 15) is 18.0 Å². The molecule has 0 saturated carbocycles. The average molecular weight is 296 g/mol. The molecule has 0 saturated heterocycles. The number of hydrogen-bond acceptors (Lipinski definition) is 4. The first kappa shape index (κ1) is 14.8. The van der Waals surface area contributed by atoms with Gasteiger partial charge in [0, 0.05) is 11.4 Å². The van der Waals surface area contributed by atoms with Gasteiger partial charge in [0.25, 0.3) is 11.4 Å². The van der Waals surface area contributed by atoms with Crippen molar-refractivity contribution in [2.75, 3.05) is 5.32 Å². The fraction of sp³-hybridized carbons (Fsp3) is 0.308. The Kier molecular flexibility index (Phi) is 3.37. The van der Waals surface area contributed by atoms with Crippen molar-refractivity contribution in [2.24, 2.45) is 0 Å². The number of anilines is 1. The molecule has 0 unspecified atom stereocenters. The molecule has 110 valence electrons. The maximum Gasteiger partial charge on any atom is 0.425 e. The number of hydrogen-bond donors (Lipinski definition) is 2. The maximum absolute atomic E-state index is 13.5. The quantitative estimate of drug-likeness (QED) is 0.875. The van der Waals surface area contributed by atoms with Gasteiger partial charge in [0.2, 0.25) is 0 Å². The summed E-state index contributed by atoms with van der Waals surface area (Å²) in [4.78, 5) is 15.8. The van der Waals surface area contributed by atoms with Crippen LogP contribution in [0, 0.1) is 18.3 Å². The fourth-order valence-corrected chi connectivity index (χ4v) is 2.15. The van der Waals surface area contributed by atoms with E-state index < -0.39 is 23.2 Å². The van der Waals surface area contributed by atoms with Gasteiger partial charge in [-0.1, -0.05) is 6.07 Å². The molecule has 0 fully saturated rings. The van der Waals surface area contributed by atoms with Gasteiger partial charge in [0.05, 0.1) is 11.6 Å². The molecule has 0 aliphatic carbocycles. The van der Waals surface area contributed by atoms with Crippen LogP contribution in [0.3, 0.4) is 0 Å². The van der Waals surface area contributed by atoms with Crippen LogP contribution in [0.15, 0.2) is 29.5 Å². The lowest BCUT2D eigenvalue weighted by Gasteiger charge is -2.30. The summed E-state index contributed by atoms with van der Waals surface area (Å²) in [5.74, 6) is -1.47. The number of nitrogens with one attached hydrogen (secondary N) is 2. The molecule has 1 aromatic rings. The van der Waals surface area contributed by atoms with Crippen LogP contribution in [0.25, 0.3) is 0 Å². The summed E-state index contributed by atoms with van der Waals surface area (Å²) < 4.78 is 40.6. The van der Waals surface area contributed by atoms with Gasteiger partial charge in [-0.2, -0.15) is 18.4 Å². The molecule has 0 spiro atoms. The molecular formula is C13H11F3N4O. The summed E-state index contributed by atoms with van der Waals surface area (Å²) in [5, 5.41) is 13.2. The minimum atomic E-state index is -4.99. The van der Waals surface area contributed by atoms with E-state index in [0.29, 0.717) is 5.69 Å². The van der Waals surface area contributed by atoms with Gasteiger partial charge in [-0.3, -0.25) is 4.79 Å². The largest absolute Gasteiger partial charge is 0.425 e. The van der Waals surface area contributed by atoms with Gasteiger partial charge in [0.15, 0.2) is 0 Å². The Balaban J connectivity index is 2.60.